The first-order valence-electron chi connectivity index (χ1n) is 7.52. The van der Waals surface area contributed by atoms with Crippen LogP contribution in [0.3, 0.4) is 0 Å². The van der Waals surface area contributed by atoms with E-state index in [1.165, 1.54) is 5.56 Å². The molecule has 5 heteroatoms. The highest BCUT2D eigenvalue weighted by atomic mass is 79.9. The van der Waals surface area contributed by atoms with Gasteiger partial charge in [-0.05, 0) is 54.0 Å². The van der Waals surface area contributed by atoms with Gasteiger partial charge < -0.3 is 9.30 Å². The Morgan fingerprint density at radius 2 is 1.83 bits per heavy atom. The molecule has 0 atom stereocenters. The van der Waals surface area contributed by atoms with Crippen molar-refractivity contribution in [2.24, 2.45) is 0 Å². The van der Waals surface area contributed by atoms with Crippen LogP contribution in [0.4, 0.5) is 0 Å². The van der Waals surface area contributed by atoms with Crippen LogP contribution in [-0.4, -0.2) is 22.8 Å². The van der Waals surface area contributed by atoms with Crippen LogP contribution >= 0.6 is 31.9 Å². The van der Waals surface area contributed by atoms with Gasteiger partial charge >= 0.3 is 0 Å². The average molecular weight is 451 g/mol. The van der Waals surface area contributed by atoms with Crippen LogP contribution in [-0.2, 0) is 0 Å². The topological polar surface area (TPSA) is 31.2 Å². The molecule has 3 nitrogen and oxygen atoms in total. The van der Waals surface area contributed by atoms with Gasteiger partial charge in [-0.3, -0.25) is 4.79 Å². The Morgan fingerprint density at radius 3 is 2.42 bits per heavy atom. The van der Waals surface area contributed by atoms with E-state index in [9.17, 15) is 4.79 Å². The standard InChI is InChI=1S/C19H17Br2NO2/c1-11-4-6-13(7-5-11)22-12(2)19(17(23)10-20)14-8-18(24-3)15(21)9-16(14)22/h4-9H,10H2,1-3H3. The van der Waals surface area contributed by atoms with Crippen LogP contribution < -0.4 is 4.74 Å². The molecular formula is C19H17Br2NO2. The van der Waals surface area contributed by atoms with Crippen LogP contribution in [0.1, 0.15) is 21.6 Å². The average Bonchev–Trinajstić information content (AvgIpc) is 2.85. The summed E-state index contributed by atoms with van der Waals surface area (Å²) < 4.78 is 8.40. The van der Waals surface area contributed by atoms with Crippen LogP contribution in [0.15, 0.2) is 40.9 Å². The fourth-order valence-corrected chi connectivity index (χ4v) is 3.79. The summed E-state index contributed by atoms with van der Waals surface area (Å²) >= 11 is 6.85. The minimum atomic E-state index is 0.0627. The molecule has 0 saturated carbocycles. The van der Waals surface area contributed by atoms with Gasteiger partial charge in [0.2, 0.25) is 0 Å². The van der Waals surface area contributed by atoms with Gasteiger partial charge in [0.1, 0.15) is 5.75 Å². The van der Waals surface area contributed by atoms with Crippen molar-refractivity contribution in [2.75, 3.05) is 12.4 Å². The molecule has 0 aliphatic rings. The number of alkyl halides is 1. The van der Waals surface area contributed by atoms with Gasteiger partial charge in [-0.25, -0.2) is 0 Å². The van der Waals surface area contributed by atoms with E-state index < -0.39 is 0 Å². The lowest BCUT2D eigenvalue weighted by Gasteiger charge is -2.10. The number of benzene rings is 2. The molecule has 0 bridgehead atoms. The number of Topliss-reactive ketones (excluding diaryl/α,β-unsaturated/α-hetero) is 1. The van der Waals surface area contributed by atoms with Gasteiger partial charge in [-0.2, -0.15) is 0 Å². The van der Waals surface area contributed by atoms with Crippen molar-refractivity contribution in [3.05, 3.63) is 57.7 Å². The maximum absolute atomic E-state index is 12.5. The fraction of sp³-hybridized carbons (Fsp3) is 0.211. The Morgan fingerprint density at radius 1 is 1.17 bits per heavy atom. The van der Waals surface area contributed by atoms with Gasteiger partial charge in [0.25, 0.3) is 0 Å². The Hall–Kier alpha value is -1.59. The second-order valence-electron chi connectivity index (χ2n) is 5.69. The first-order chi connectivity index (χ1) is 11.5. The Labute approximate surface area is 157 Å². The van der Waals surface area contributed by atoms with E-state index in [-0.39, 0.29) is 5.78 Å². The van der Waals surface area contributed by atoms with Crippen molar-refractivity contribution in [3.8, 4) is 11.4 Å². The van der Waals surface area contributed by atoms with Crippen molar-refractivity contribution in [2.45, 2.75) is 13.8 Å². The third kappa shape index (κ3) is 2.80. The third-order valence-corrected chi connectivity index (χ3v) is 5.30. The van der Waals surface area contributed by atoms with Crippen molar-refractivity contribution in [1.29, 1.82) is 0 Å². The van der Waals surface area contributed by atoms with Gasteiger partial charge in [0, 0.05) is 22.3 Å². The number of carbonyl (C=O) groups excluding carboxylic acids is 1. The van der Waals surface area contributed by atoms with Gasteiger partial charge in [-0.15, -0.1) is 0 Å². The van der Waals surface area contributed by atoms with Crippen molar-refractivity contribution in [3.63, 3.8) is 0 Å². The molecule has 0 aliphatic heterocycles. The summed E-state index contributed by atoms with van der Waals surface area (Å²) in [4.78, 5) is 12.5. The number of fused-ring (bicyclic) bond motifs is 1. The summed E-state index contributed by atoms with van der Waals surface area (Å²) in [6.45, 7) is 4.04. The van der Waals surface area contributed by atoms with E-state index in [0.29, 0.717) is 11.1 Å². The molecule has 0 fully saturated rings. The molecule has 0 radical (unpaired) electrons. The highest BCUT2D eigenvalue weighted by Crippen LogP contribution is 2.36. The predicted octanol–water partition coefficient (Wildman–Crippen LogP) is 5.60. The molecular weight excluding hydrogens is 434 g/mol. The molecule has 24 heavy (non-hydrogen) atoms. The van der Waals surface area contributed by atoms with E-state index in [1.54, 1.807) is 7.11 Å². The number of ether oxygens (including phenoxy) is 1. The maximum atomic E-state index is 12.5. The quantitative estimate of drug-likeness (QED) is 0.382. The van der Waals surface area contributed by atoms with Crippen LogP contribution in [0, 0.1) is 13.8 Å². The highest BCUT2D eigenvalue weighted by molar-refractivity contribution is 9.10. The molecule has 0 unspecified atom stereocenters. The molecule has 3 aromatic rings. The molecule has 3 rings (SSSR count). The lowest BCUT2D eigenvalue weighted by atomic mass is 10.1. The Balaban J connectivity index is 2.40. The molecule has 0 N–H and O–H groups in total. The van der Waals surface area contributed by atoms with E-state index in [1.807, 2.05) is 19.1 Å². The Bertz CT molecular complexity index is 927. The second-order valence-corrected chi connectivity index (χ2v) is 7.11. The summed E-state index contributed by atoms with van der Waals surface area (Å²) in [5.41, 5.74) is 4.88. The molecule has 0 amide bonds. The van der Waals surface area contributed by atoms with E-state index in [2.05, 4.69) is 67.6 Å². The SMILES string of the molecule is COc1cc2c(C(=O)CBr)c(C)n(-c3ccc(C)cc3)c2cc1Br. The number of carbonyl (C=O) groups is 1. The molecule has 124 valence electrons. The van der Waals surface area contributed by atoms with Crippen molar-refractivity contribution < 1.29 is 9.53 Å². The monoisotopic (exact) mass is 449 g/mol. The fourth-order valence-electron chi connectivity index (χ4n) is 3.02. The maximum Gasteiger partial charge on any atom is 0.175 e. The summed E-state index contributed by atoms with van der Waals surface area (Å²) in [5, 5.41) is 1.19. The zero-order valence-corrected chi connectivity index (χ0v) is 16.9. The minimum absolute atomic E-state index is 0.0627. The van der Waals surface area contributed by atoms with E-state index in [4.69, 9.17) is 4.74 Å². The van der Waals surface area contributed by atoms with Gasteiger partial charge in [0.15, 0.2) is 5.78 Å². The van der Waals surface area contributed by atoms with Crippen LogP contribution in [0.25, 0.3) is 16.6 Å². The van der Waals surface area contributed by atoms with Crippen LogP contribution in [0.5, 0.6) is 5.75 Å². The second kappa shape index (κ2) is 6.73. The Kier molecular flexibility index (Phi) is 4.83. The van der Waals surface area contributed by atoms with Crippen LogP contribution in [0.2, 0.25) is 0 Å². The van der Waals surface area contributed by atoms with E-state index >= 15 is 0 Å². The number of hydrogen-bond acceptors (Lipinski definition) is 2. The third-order valence-electron chi connectivity index (χ3n) is 4.17. The molecule has 1 aromatic heterocycles. The van der Waals surface area contributed by atoms with Crippen molar-refractivity contribution in [1.82, 2.24) is 4.57 Å². The number of hydrogen-bond donors (Lipinski definition) is 0. The first-order valence-corrected chi connectivity index (χ1v) is 9.44. The molecule has 0 aliphatic carbocycles. The number of nitrogens with zero attached hydrogens (tertiary/aromatic N) is 1. The summed E-state index contributed by atoms with van der Waals surface area (Å²) in [5.74, 6) is 0.778. The summed E-state index contributed by atoms with van der Waals surface area (Å²) in [6, 6.07) is 12.2. The smallest absolute Gasteiger partial charge is 0.175 e. The highest BCUT2D eigenvalue weighted by Gasteiger charge is 2.21. The number of ketones is 1. The zero-order chi connectivity index (χ0) is 17.4. The van der Waals surface area contributed by atoms with Gasteiger partial charge in [-0.1, -0.05) is 33.6 Å². The number of methoxy groups -OCH3 is 1. The van der Waals surface area contributed by atoms with Crippen molar-refractivity contribution >= 4 is 48.5 Å². The zero-order valence-electron chi connectivity index (χ0n) is 13.7. The number of rotatable bonds is 4. The normalized spacial score (nSPS) is 11.0. The molecule has 0 spiro atoms. The predicted molar refractivity (Wildman–Crippen MR) is 105 cm³/mol. The lowest BCUT2D eigenvalue weighted by molar-refractivity contribution is 0.102. The number of aromatic nitrogens is 1. The first kappa shape index (κ1) is 17.2. The molecule has 0 saturated heterocycles. The van der Waals surface area contributed by atoms with E-state index in [0.717, 1.165) is 32.3 Å². The molecule has 1 heterocycles. The minimum Gasteiger partial charge on any atom is -0.496 e. The lowest BCUT2D eigenvalue weighted by Crippen LogP contribution is -2.03. The summed E-state index contributed by atoms with van der Waals surface area (Å²) in [7, 11) is 1.63. The molecule has 2 aromatic carbocycles. The number of aryl methyl sites for hydroxylation is 1. The van der Waals surface area contributed by atoms with Gasteiger partial charge in [0.05, 0.1) is 22.4 Å². The number of halogens is 2. The summed E-state index contributed by atoms with van der Waals surface area (Å²) in [6.07, 6.45) is 0. The largest absolute Gasteiger partial charge is 0.496 e.